The third-order valence-corrected chi connectivity index (χ3v) is 9.29. The van der Waals surface area contributed by atoms with Gasteiger partial charge in [0, 0.05) is 50.4 Å². The highest BCUT2D eigenvalue weighted by Crippen LogP contribution is 2.46. The zero-order valence-corrected chi connectivity index (χ0v) is 30.8. The molecule has 0 bridgehead atoms. The van der Waals surface area contributed by atoms with Gasteiger partial charge in [0.1, 0.15) is 0 Å². The van der Waals surface area contributed by atoms with E-state index in [0.717, 1.165) is 35.1 Å². The van der Waals surface area contributed by atoms with Crippen molar-refractivity contribution in [1.29, 1.82) is 0 Å². The van der Waals surface area contributed by atoms with Crippen LogP contribution in [0.5, 0.6) is 34.5 Å². The van der Waals surface area contributed by atoms with Crippen LogP contribution in [0.3, 0.4) is 0 Å². The van der Waals surface area contributed by atoms with E-state index in [0.29, 0.717) is 82.7 Å². The molecule has 2 heterocycles. The molecule has 12 nitrogen and oxygen atoms in total. The van der Waals surface area contributed by atoms with Crippen LogP contribution in [0.25, 0.3) is 0 Å². The van der Waals surface area contributed by atoms with Gasteiger partial charge in [-0.2, -0.15) is 10.2 Å². The van der Waals surface area contributed by atoms with Gasteiger partial charge < -0.3 is 48.9 Å². The van der Waals surface area contributed by atoms with E-state index >= 15 is 0 Å². The van der Waals surface area contributed by atoms with Crippen molar-refractivity contribution in [3.63, 3.8) is 0 Å². The fraction of sp³-hybridized carbons (Fsp3) is 0.529. The molecule has 2 aliphatic rings. The van der Waals surface area contributed by atoms with Crippen molar-refractivity contribution in [2.45, 2.75) is 65.5 Å². The Labute approximate surface area is 294 Å². The van der Waals surface area contributed by atoms with Crippen LogP contribution in [-0.2, 0) is 12.8 Å². The lowest BCUT2D eigenvalue weighted by atomic mass is 10.0. The Morgan fingerprint density at radius 2 is 1.17 bits per heavy atom. The zero-order valence-electron chi connectivity index (χ0n) is 29.2. The number of hydrogen-bond donors (Lipinski definition) is 2. The Hall–Kier alpha value is -4.04. The molecule has 0 saturated heterocycles. The number of methoxy groups -OCH3 is 2. The number of fused-ring (bicyclic) bond motifs is 2. The molecule has 0 aliphatic carbocycles. The van der Waals surface area contributed by atoms with E-state index in [1.54, 1.807) is 26.6 Å². The molecular weight excluding hydrogens is 653 g/mol. The van der Waals surface area contributed by atoms with Crippen LogP contribution in [0.4, 0.5) is 0 Å². The third kappa shape index (κ3) is 8.90. The molecule has 2 aromatic carbocycles. The van der Waals surface area contributed by atoms with E-state index < -0.39 is 0 Å². The van der Waals surface area contributed by atoms with Crippen LogP contribution in [0.15, 0.2) is 22.3 Å². The lowest BCUT2D eigenvalue weighted by molar-refractivity contribution is 0.171. The molecule has 2 aliphatic heterocycles. The molecule has 2 atom stereocenters. The monoisotopic (exact) mass is 700 g/mol. The second-order valence-electron chi connectivity index (χ2n) is 11.8. The van der Waals surface area contributed by atoms with Gasteiger partial charge in [0.05, 0.1) is 26.6 Å². The second-order valence-corrected chi connectivity index (χ2v) is 12.6. The van der Waals surface area contributed by atoms with Gasteiger partial charge in [-0.25, -0.2) is 0 Å². The number of hydrogen-bond acceptors (Lipinski definition) is 10. The topological polar surface area (TPSA) is 111 Å². The number of ether oxygens (including phenoxy) is 6. The average molecular weight is 701 g/mol. The number of nitrogens with one attached hydrogen (secondary N) is 2. The highest BCUT2D eigenvalue weighted by atomic mass is 32.1. The lowest BCUT2D eigenvalue weighted by Crippen LogP contribution is -2.42. The number of nitrogens with zero attached hydrogens (tertiary/aromatic N) is 4. The van der Waals surface area contributed by atoms with Gasteiger partial charge in [0.25, 0.3) is 0 Å². The first-order valence-electron chi connectivity index (χ1n) is 16.2. The van der Waals surface area contributed by atoms with Gasteiger partial charge in [-0.3, -0.25) is 0 Å². The van der Waals surface area contributed by atoms with E-state index in [1.165, 1.54) is 0 Å². The van der Waals surface area contributed by atoms with Crippen LogP contribution in [0.1, 0.15) is 62.8 Å². The molecule has 0 aromatic heterocycles. The van der Waals surface area contributed by atoms with Crippen LogP contribution < -0.4 is 39.1 Å². The number of rotatable bonds is 15. The summed E-state index contributed by atoms with van der Waals surface area (Å²) in [4.78, 5) is 4.05. The van der Waals surface area contributed by atoms with Gasteiger partial charge >= 0.3 is 0 Å². The molecule has 0 radical (unpaired) electrons. The maximum Gasteiger partial charge on any atom is 0.231 e. The van der Waals surface area contributed by atoms with Gasteiger partial charge in [-0.1, -0.05) is 13.8 Å². The summed E-state index contributed by atoms with van der Waals surface area (Å²) in [6, 6.07) is 4.51. The van der Waals surface area contributed by atoms with E-state index in [9.17, 15) is 0 Å². The zero-order chi connectivity index (χ0) is 34.8. The van der Waals surface area contributed by atoms with E-state index in [2.05, 4.69) is 48.5 Å². The minimum absolute atomic E-state index is 0.118. The third-order valence-electron chi connectivity index (χ3n) is 8.43. The van der Waals surface area contributed by atoms with Gasteiger partial charge in [0.2, 0.25) is 25.1 Å². The van der Waals surface area contributed by atoms with Gasteiger partial charge in [-0.05, 0) is 87.2 Å². The fourth-order valence-electron chi connectivity index (χ4n) is 5.06. The van der Waals surface area contributed by atoms with Gasteiger partial charge in [0.15, 0.2) is 33.2 Å². The normalized spacial score (nSPS) is 14.2. The van der Waals surface area contributed by atoms with Crippen molar-refractivity contribution in [3.05, 3.63) is 34.4 Å². The quantitative estimate of drug-likeness (QED) is 0.150. The first-order chi connectivity index (χ1) is 23.1. The average Bonchev–Trinajstić information content (AvgIpc) is 3.76. The summed E-state index contributed by atoms with van der Waals surface area (Å²) in [6.45, 7) is 10.0. The Morgan fingerprint density at radius 1 is 0.771 bits per heavy atom. The minimum Gasteiger partial charge on any atom is -0.492 e. The molecule has 0 spiro atoms. The SMILES string of the molecule is CC[C@H](C)NC(=S)N(C)CCc1cc2c(c(OC)c1/C=N\N=C/c1c(CCN(C)C(=S)N[C@@H](C)CC)cc3c(c1OC)OCO3)OCO2. The molecule has 0 saturated carbocycles. The number of likely N-dealkylation sites (N-methyl/N-ethyl adjacent to an activating group) is 2. The first kappa shape index (κ1) is 36.8. The first-order valence-corrected chi connectivity index (χ1v) is 17.0. The van der Waals surface area contributed by atoms with E-state index in [4.69, 9.17) is 52.9 Å². The summed E-state index contributed by atoms with van der Waals surface area (Å²) in [6.07, 6.45) is 6.61. The highest BCUT2D eigenvalue weighted by Gasteiger charge is 2.26. The van der Waals surface area contributed by atoms with Crippen molar-refractivity contribution in [3.8, 4) is 34.5 Å². The Kier molecular flexibility index (Phi) is 13.3. The predicted octanol–water partition coefficient (Wildman–Crippen LogP) is 4.91. The second kappa shape index (κ2) is 17.4. The summed E-state index contributed by atoms with van der Waals surface area (Å²) >= 11 is 11.2. The molecule has 0 fully saturated rings. The molecule has 48 heavy (non-hydrogen) atoms. The summed E-state index contributed by atoms with van der Waals surface area (Å²) in [7, 11) is 7.15. The molecule has 4 rings (SSSR count). The molecule has 14 heteroatoms. The van der Waals surface area contributed by atoms with Crippen molar-refractivity contribution in [2.24, 2.45) is 10.2 Å². The van der Waals surface area contributed by atoms with Gasteiger partial charge in [-0.15, -0.1) is 0 Å². The maximum atomic E-state index is 5.81. The maximum absolute atomic E-state index is 5.81. The lowest BCUT2D eigenvalue weighted by Gasteiger charge is -2.24. The van der Waals surface area contributed by atoms with E-state index in [1.807, 2.05) is 36.0 Å². The highest BCUT2D eigenvalue weighted by molar-refractivity contribution is 7.80. The van der Waals surface area contributed by atoms with Crippen molar-refractivity contribution >= 4 is 47.1 Å². The standard InChI is InChI=1S/C34H48N6O6S2/c1-9-21(3)37-33(47)39(5)13-11-23-15-27-31(45-19-43-27)29(41-7)25(23)17-35-36-18-26-24(12-14-40(6)34(48)38-22(4)10-2)16-28-32(30(26)42-8)46-20-44-28/h15-18,21-22H,9-14,19-20H2,1-8H3,(H,37,47)(H,38,48)/b35-17-,36-18-/t21-,22-/m0/s1. The van der Waals surface area contributed by atoms with Crippen molar-refractivity contribution in [1.82, 2.24) is 20.4 Å². The van der Waals surface area contributed by atoms with Crippen LogP contribution in [0.2, 0.25) is 0 Å². The Balaban J connectivity index is 1.60. The summed E-state index contributed by atoms with van der Waals surface area (Å²) in [5.74, 6) is 3.41. The molecule has 2 N–H and O–H groups in total. The molecular formula is C34H48N6O6S2. The Morgan fingerprint density at radius 3 is 1.52 bits per heavy atom. The fourth-order valence-corrected chi connectivity index (χ4v) is 5.65. The van der Waals surface area contributed by atoms with Crippen molar-refractivity contribution < 1.29 is 28.4 Å². The minimum atomic E-state index is 0.118. The van der Waals surface area contributed by atoms with Crippen LogP contribution in [-0.4, -0.2) is 99.5 Å². The summed E-state index contributed by atoms with van der Waals surface area (Å²) in [5, 5.41) is 17.1. The molecule has 0 amide bonds. The smallest absolute Gasteiger partial charge is 0.231 e. The molecule has 0 unspecified atom stereocenters. The Bertz CT molecular complexity index is 1410. The summed E-state index contributed by atoms with van der Waals surface area (Å²) in [5.41, 5.74) is 3.41. The van der Waals surface area contributed by atoms with Crippen LogP contribution >= 0.6 is 24.4 Å². The summed E-state index contributed by atoms with van der Waals surface area (Å²) < 4.78 is 34.5. The molecule has 2 aromatic rings. The van der Waals surface area contributed by atoms with Crippen molar-refractivity contribution in [2.75, 3.05) is 55.0 Å². The van der Waals surface area contributed by atoms with Crippen LogP contribution in [0, 0.1) is 0 Å². The molecule has 262 valence electrons. The number of thiocarbonyl (C=S) groups is 2. The largest absolute Gasteiger partial charge is 0.492 e. The number of benzene rings is 2. The predicted molar refractivity (Wildman–Crippen MR) is 197 cm³/mol. The van der Waals surface area contributed by atoms with E-state index in [-0.39, 0.29) is 13.6 Å².